The Labute approximate surface area is 120 Å². The van der Waals surface area contributed by atoms with E-state index in [-0.39, 0.29) is 4.88 Å². The number of carbonyl (C=O) groups is 1. The van der Waals surface area contributed by atoms with Crippen LogP contribution in [0.15, 0.2) is 18.2 Å². The van der Waals surface area contributed by atoms with Crippen molar-refractivity contribution < 1.29 is 19.4 Å². The summed E-state index contributed by atoms with van der Waals surface area (Å²) in [5.74, 6) is 0.340. The fourth-order valence-corrected chi connectivity index (χ4v) is 2.87. The molecule has 0 saturated heterocycles. The lowest BCUT2D eigenvalue weighted by atomic mass is 10.2. The van der Waals surface area contributed by atoms with Crippen molar-refractivity contribution in [3.05, 3.63) is 28.8 Å². The molecule has 0 unspecified atom stereocenters. The van der Waals surface area contributed by atoms with E-state index in [9.17, 15) is 9.90 Å². The van der Waals surface area contributed by atoms with Crippen LogP contribution in [0.4, 0.5) is 0 Å². The topological polar surface area (TPSA) is 68.7 Å². The number of nitrogens with zero attached hydrogens (tertiary/aromatic N) is 1. The highest BCUT2D eigenvalue weighted by molar-refractivity contribution is 7.17. The second-order valence-corrected chi connectivity index (χ2v) is 5.02. The van der Waals surface area contributed by atoms with Crippen LogP contribution in [-0.4, -0.2) is 30.3 Å². The molecule has 1 N–H and O–H groups in total. The van der Waals surface area contributed by atoms with Gasteiger partial charge in [-0.05, 0) is 18.6 Å². The van der Waals surface area contributed by atoms with Gasteiger partial charge >= 0.3 is 5.97 Å². The fourth-order valence-electron chi connectivity index (χ4n) is 1.85. The zero-order valence-electron chi connectivity index (χ0n) is 11.5. The summed E-state index contributed by atoms with van der Waals surface area (Å²) in [6.07, 6.45) is 0.580. The standard InChI is InChI=1S/C14H15NO4S/c1-4-10-12(14(16)17)20-13(15-10)9-6-5-8(18-2)7-11(9)19-3/h5-7H,4H2,1-3H3,(H,16,17). The number of ether oxygens (including phenoxy) is 2. The maximum Gasteiger partial charge on any atom is 0.347 e. The van der Waals surface area contributed by atoms with Crippen molar-refractivity contribution in [3.63, 3.8) is 0 Å². The number of hydrogen-bond donors (Lipinski definition) is 1. The highest BCUT2D eigenvalue weighted by atomic mass is 32.1. The number of carboxylic acids is 1. The molecule has 0 saturated carbocycles. The number of thiazole rings is 1. The van der Waals surface area contributed by atoms with Gasteiger partial charge in [0.2, 0.25) is 0 Å². The molecule has 0 radical (unpaired) electrons. The first-order chi connectivity index (χ1) is 9.60. The van der Waals surface area contributed by atoms with Crippen LogP contribution >= 0.6 is 11.3 Å². The van der Waals surface area contributed by atoms with Gasteiger partial charge in [-0.15, -0.1) is 11.3 Å². The van der Waals surface area contributed by atoms with Gasteiger partial charge in [-0.1, -0.05) is 6.92 Å². The number of carboxylic acid groups (broad SMARTS) is 1. The molecule has 1 aromatic carbocycles. The van der Waals surface area contributed by atoms with Crippen molar-refractivity contribution in [2.75, 3.05) is 14.2 Å². The Balaban J connectivity index is 2.53. The number of aryl methyl sites for hydroxylation is 1. The summed E-state index contributed by atoms with van der Waals surface area (Å²) >= 11 is 1.16. The third kappa shape index (κ3) is 2.60. The van der Waals surface area contributed by atoms with Crippen molar-refractivity contribution in [2.24, 2.45) is 0 Å². The van der Waals surface area contributed by atoms with Gasteiger partial charge in [-0.2, -0.15) is 0 Å². The average molecular weight is 293 g/mol. The molecule has 20 heavy (non-hydrogen) atoms. The predicted molar refractivity (Wildman–Crippen MR) is 77.0 cm³/mol. The Kier molecular flexibility index (Phi) is 4.24. The van der Waals surface area contributed by atoms with Crippen molar-refractivity contribution in [3.8, 4) is 22.1 Å². The van der Waals surface area contributed by atoms with E-state index in [0.29, 0.717) is 28.6 Å². The van der Waals surface area contributed by atoms with E-state index in [4.69, 9.17) is 9.47 Å². The van der Waals surface area contributed by atoms with Crippen LogP contribution in [0.5, 0.6) is 11.5 Å². The Morgan fingerprint density at radius 1 is 1.35 bits per heavy atom. The van der Waals surface area contributed by atoms with Crippen LogP contribution in [0.2, 0.25) is 0 Å². The number of hydrogen-bond acceptors (Lipinski definition) is 5. The zero-order valence-corrected chi connectivity index (χ0v) is 12.3. The van der Waals surface area contributed by atoms with E-state index >= 15 is 0 Å². The summed E-state index contributed by atoms with van der Waals surface area (Å²) < 4.78 is 10.5. The lowest BCUT2D eigenvalue weighted by molar-refractivity contribution is 0.0701. The van der Waals surface area contributed by atoms with Gasteiger partial charge in [-0.3, -0.25) is 0 Å². The first-order valence-corrected chi connectivity index (χ1v) is 6.87. The third-order valence-corrected chi connectivity index (χ3v) is 3.98. The molecule has 0 aliphatic rings. The van der Waals surface area contributed by atoms with E-state index in [1.807, 2.05) is 13.0 Å². The Hall–Kier alpha value is -2.08. The van der Waals surface area contributed by atoms with Crippen molar-refractivity contribution in [1.29, 1.82) is 0 Å². The summed E-state index contributed by atoms with van der Waals surface area (Å²) in [5.41, 5.74) is 1.36. The van der Waals surface area contributed by atoms with Gasteiger partial charge < -0.3 is 14.6 Å². The monoisotopic (exact) mass is 293 g/mol. The van der Waals surface area contributed by atoms with Crippen LogP contribution in [0.3, 0.4) is 0 Å². The van der Waals surface area contributed by atoms with Gasteiger partial charge in [0, 0.05) is 6.07 Å². The van der Waals surface area contributed by atoms with Gasteiger partial charge in [0.15, 0.2) is 0 Å². The van der Waals surface area contributed by atoms with E-state index in [1.165, 1.54) is 0 Å². The molecule has 0 aliphatic carbocycles. The Morgan fingerprint density at radius 3 is 2.60 bits per heavy atom. The number of benzene rings is 1. The molecular weight excluding hydrogens is 278 g/mol. The molecule has 0 fully saturated rings. The Bertz CT molecular complexity index is 636. The largest absolute Gasteiger partial charge is 0.497 e. The predicted octanol–water partition coefficient (Wildman–Crippen LogP) is 3.09. The minimum Gasteiger partial charge on any atom is -0.497 e. The van der Waals surface area contributed by atoms with Gasteiger partial charge in [0.25, 0.3) is 0 Å². The third-order valence-electron chi connectivity index (χ3n) is 2.87. The lowest BCUT2D eigenvalue weighted by Crippen LogP contribution is -1.97. The number of aromatic carboxylic acids is 1. The van der Waals surface area contributed by atoms with E-state index < -0.39 is 5.97 Å². The molecule has 106 valence electrons. The summed E-state index contributed by atoms with van der Waals surface area (Å²) in [7, 11) is 3.14. The molecule has 2 aromatic rings. The fraction of sp³-hybridized carbons (Fsp3) is 0.286. The van der Waals surface area contributed by atoms with Crippen LogP contribution in [-0.2, 0) is 6.42 Å². The number of rotatable bonds is 5. The maximum atomic E-state index is 11.2. The van der Waals surface area contributed by atoms with E-state index in [1.54, 1.807) is 26.4 Å². The molecule has 0 spiro atoms. The smallest absolute Gasteiger partial charge is 0.347 e. The molecule has 1 aromatic heterocycles. The highest BCUT2D eigenvalue weighted by Gasteiger charge is 2.19. The minimum absolute atomic E-state index is 0.278. The second-order valence-electron chi connectivity index (χ2n) is 4.02. The molecule has 2 rings (SSSR count). The first-order valence-electron chi connectivity index (χ1n) is 6.06. The summed E-state index contributed by atoms with van der Waals surface area (Å²) in [6, 6.07) is 5.37. The number of aromatic nitrogens is 1. The van der Waals surface area contributed by atoms with Crippen LogP contribution in [0.1, 0.15) is 22.3 Å². The molecule has 6 heteroatoms. The molecule has 5 nitrogen and oxygen atoms in total. The Morgan fingerprint density at radius 2 is 2.10 bits per heavy atom. The summed E-state index contributed by atoms with van der Waals surface area (Å²) in [4.78, 5) is 15.9. The lowest BCUT2D eigenvalue weighted by Gasteiger charge is -2.08. The van der Waals surface area contributed by atoms with Gasteiger partial charge in [-0.25, -0.2) is 9.78 Å². The van der Waals surface area contributed by atoms with Crippen molar-refractivity contribution in [1.82, 2.24) is 4.98 Å². The highest BCUT2D eigenvalue weighted by Crippen LogP contribution is 2.36. The van der Waals surface area contributed by atoms with Crippen LogP contribution in [0.25, 0.3) is 10.6 Å². The maximum absolute atomic E-state index is 11.2. The van der Waals surface area contributed by atoms with Crippen molar-refractivity contribution >= 4 is 17.3 Å². The number of methoxy groups -OCH3 is 2. The second kappa shape index (κ2) is 5.92. The minimum atomic E-state index is -0.946. The van der Waals surface area contributed by atoms with Crippen LogP contribution in [0, 0.1) is 0 Å². The molecule has 0 aliphatic heterocycles. The summed E-state index contributed by atoms with van der Waals surface area (Å²) in [6.45, 7) is 1.89. The van der Waals surface area contributed by atoms with Crippen LogP contribution < -0.4 is 9.47 Å². The molecule has 0 bridgehead atoms. The van der Waals surface area contributed by atoms with E-state index in [2.05, 4.69) is 4.98 Å². The van der Waals surface area contributed by atoms with Gasteiger partial charge in [0.1, 0.15) is 21.4 Å². The van der Waals surface area contributed by atoms with Crippen molar-refractivity contribution in [2.45, 2.75) is 13.3 Å². The zero-order chi connectivity index (χ0) is 14.7. The summed E-state index contributed by atoms with van der Waals surface area (Å²) in [5, 5.41) is 9.82. The molecule has 0 atom stereocenters. The quantitative estimate of drug-likeness (QED) is 0.917. The van der Waals surface area contributed by atoms with E-state index in [0.717, 1.165) is 16.9 Å². The van der Waals surface area contributed by atoms with Gasteiger partial charge in [0.05, 0.1) is 25.5 Å². The molecular formula is C14H15NO4S. The average Bonchev–Trinajstić information content (AvgIpc) is 2.90. The SMILES string of the molecule is CCc1nc(-c2ccc(OC)cc2OC)sc1C(=O)O. The molecule has 0 amide bonds. The first kappa shape index (κ1) is 14.3. The molecule has 1 heterocycles. The normalized spacial score (nSPS) is 10.3.